The monoisotopic (exact) mass is 257 g/mol. The van der Waals surface area contributed by atoms with Crippen LogP contribution in [0.1, 0.15) is 37.7 Å². The number of hydrogen-bond donors (Lipinski definition) is 1. The smallest absolute Gasteiger partial charge is 0.0721 e. The Labute approximate surface area is 115 Å². The second-order valence-corrected chi connectivity index (χ2v) is 6.95. The zero-order valence-corrected chi connectivity index (χ0v) is 11.4. The molecule has 4 aliphatic rings. The summed E-state index contributed by atoms with van der Waals surface area (Å²) in [6, 6.07) is 8.11. The summed E-state index contributed by atoms with van der Waals surface area (Å²) in [4.78, 5) is 0. The van der Waals surface area contributed by atoms with Crippen LogP contribution < -0.4 is 5.73 Å². The molecule has 4 saturated carbocycles. The van der Waals surface area contributed by atoms with E-state index in [1.807, 2.05) is 18.2 Å². The molecule has 1 aromatic carbocycles. The highest BCUT2D eigenvalue weighted by Crippen LogP contribution is 2.54. The van der Waals surface area contributed by atoms with Crippen molar-refractivity contribution in [2.45, 2.75) is 44.8 Å². The van der Waals surface area contributed by atoms with E-state index < -0.39 is 0 Å². The molecule has 4 bridgehead atoms. The van der Waals surface area contributed by atoms with Gasteiger partial charge in [-0.25, -0.2) is 0 Å². The summed E-state index contributed by atoms with van der Waals surface area (Å²) in [6.45, 7) is 0.734. The maximum Gasteiger partial charge on any atom is 0.0721 e. The molecule has 0 atom stereocenters. The third kappa shape index (κ3) is 2.16. The van der Waals surface area contributed by atoms with E-state index in [1.54, 1.807) is 0 Å². The average molecular weight is 257 g/mol. The lowest BCUT2D eigenvalue weighted by Gasteiger charge is -2.54. The molecule has 2 heteroatoms. The van der Waals surface area contributed by atoms with E-state index in [0.717, 1.165) is 36.0 Å². The molecule has 0 unspecified atom stereocenters. The fourth-order valence-corrected chi connectivity index (χ4v) is 5.02. The molecule has 102 valence electrons. The summed E-state index contributed by atoms with van der Waals surface area (Å²) < 4.78 is 6.30. The number of rotatable bonds is 3. The van der Waals surface area contributed by atoms with Crippen LogP contribution in [-0.4, -0.2) is 6.10 Å². The molecule has 0 saturated heterocycles. The Morgan fingerprint density at radius 2 is 1.68 bits per heavy atom. The van der Waals surface area contributed by atoms with Crippen molar-refractivity contribution in [2.24, 2.45) is 23.7 Å². The summed E-state index contributed by atoms with van der Waals surface area (Å²) in [6.07, 6.45) is 7.73. The fraction of sp³-hybridized carbons (Fsp3) is 0.647. The topological polar surface area (TPSA) is 35.2 Å². The first kappa shape index (κ1) is 11.8. The van der Waals surface area contributed by atoms with Crippen LogP contribution in [-0.2, 0) is 11.3 Å². The lowest BCUT2D eigenvalue weighted by molar-refractivity contribution is -0.131. The molecule has 5 rings (SSSR count). The van der Waals surface area contributed by atoms with Crippen LogP contribution in [0.2, 0.25) is 0 Å². The SMILES string of the molecule is Nc1cccc(COC2C3CC4CC(C3)CC2C4)c1. The Kier molecular flexibility index (Phi) is 2.80. The summed E-state index contributed by atoms with van der Waals surface area (Å²) in [5.74, 6) is 3.74. The maximum atomic E-state index is 6.30. The van der Waals surface area contributed by atoms with Crippen LogP contribution >= 0.6 is 0 Å². The largest absolute Gasteiger partial charge is 0.399 e. The third-order valence-corrected chi connectivity index (χ3v) is 5.53. The van der Waals surface area contributed by atoms with Gasteiger partial charge in [0.25, 0.3) is 0 Å². The molecular weight excluding hydrogens is 234 g/mol. The molecule has 1 aromatic rings. The molecule has 2 N–H and O–H groups in total. The zero-order chi connectivity index (χ0) is 12.8. The van der Waals surface area contributed by atoms with Crippen LogP contribution in [0.4, 0.5) is 5.69 Å². The van der Waals surface area contributed by atoms with Crippen molar-refractivity contribution in [2.75, 3.05) is 5.73 Å². The van der Waals surface area contributed by atoms with Gasteiger partial charge in [-0.3, -0.25) is 0 Å². The normalized spacial score (nSPS) is 39.7. The van der Waals surface area contributed by atoms with Gasteiger partial charge in [0.15, 0.2) is 0 Å². The Balaban J connectivity index is 1.43. The number of anilines is 1. The Morgan fingerprint density at radius 3 is 2.32 bits per heavy atom. The first-order valence-electron chi connectivity index (χ1n) is 7.74. The van der Waals surface area contributed by atoms with E-state index in [-0.39, 0.29) is 0 Å². The van der Waals surface area contributed by atoms with Crippen molar-refractivity contribution < 1.29 is 4.74 Å². The number of benzene rings is 1. The van der Waals surface area contributed by atoms with Gasteiger partial charge in [-0.1, -0.05) is 12.1 Å². The lowest BCUT2D eigenvalue weighted by Crippen LogP contribution is -2.49. The summed E-state index contributed by atoms with van der Waals surface area (Å²) in [5.41, 5.74) is 7.88. The van der Waals surface area contributed by atoms with E-state index in [4.69, 9.17) is 10.5 Å². The van der Waals surface area contributed by atoms with Crippen molar-refractivity contribution in [3.63, 3.8) is 0 Å². The van der Waals surface area contributed by atoms with E-state index in [0.29, 0.717) is 6.10 Å². The average Bonchev–Trinajstić information content (AvgIpc) is 2.37. The third-order valence-electron chi connectivity index (χ3n) is 5.53. The summed E-state index contributed by atoms with van der Waals surface area (Å²) in [7, 11) is 0. The van der Waals surface area contributed by atoms with Gasteiger partial charge < -0.3 is 10.5 Å². The van der Waals surface area contributed by atoms with E-state index in [2.05, 4.69) is 6.07 Å². The van der Waals surface area contributed by atoms with Gasteiger partial charge in [-0.05, 0) is 73.5 Å². The molecule has 4 aliphatic carbocycles. The lowest BCUT2D eigenvalue weighted by atomic mass is 9.55. The van der Waals surface area contributed by atoms with Crippen molar-refractivity contribution in [3.8, 4) is 0 Å². The van der Waals surface area contributed by atoms with Crippen molar-refractivity contribution in [3.05, 3.63) is 29.8 Å². The maximum absolute atomic E-state index is 6.30. The number of nitrogens with two attached hydrogens (primary N) is 1. The minimum atomic E-state index is 0.522. The molecule has 0 radical (unpaired) electrons. The highest BCUT2D eigenvalue weighted by Gasteiger charge is 2.48. The summed E-state index contributed by atoms with van der Waals surface area (Å²) in [5, 5.41) is 0. The van der Waals surface area contributed by atoms with Crippen LogP contribution in [0.3, 0.4) is 0 Å². The highest BCUT2D eigenvalue weighted by molar-refractivity contribution is 5.40. The van der Waals surface area contributed by atoms with Gasteiger partial charge in [0.05, 0.1) is 12.7 Å². The predicted octanol–water partition coefficient (Wildman–Crippen LogP) is 3.61. The van der Waals surface area contributed by atoms with Gasteiger partial charge in [0, 0.05) is 5.69 Å². The van der Waals surface area contributed by atoms with Crippen molar-refractivity contribution in [1.82, 2.24) is 0 Å². The van der Waals surface area contributed by atoms with Gasteiger partial charge in [-0.2, -0.15) is 0 Å². The van der Waals surface area contributed by atoms with E-state index in [9.17, 15) is 0 Å². The Morgan fingerprint density at radius 1 is 1.00 bits per heavy atom. The van der Waals surface area contributed by atoms with Crippen molar-refractivity contribution >= 4 is 5.69 Å². The molecule has 0 spiro atoms. The molecule has 0 aliphatic heterocycles. The number of nitrogen functional groups attached to an aromatic ring is 1. The van der Waals surface area contributed by atoms with Gasteiger partial charge in [-0.15, -0.1) is 0 Å². The summed E-state index contributed by atoms with van der Waals surface area (Å²) >= 11 is 0. The van der Waals surface area contributed by atoms with Crippen LogP contribution in [0, 0.1) is 23.7 Å². The second kappa shape index (κ2) is 4.52. The fourth-order valence-electron chi connectivity index (χ4n) is 5.02. The minimum absolute atomic E-state index is 0.522. The van der Waals surface area contributed by atoms with Crippen LogP contribution in [0.25, 0.3) is 0 Å². The number of ether oxygens (including phenoxy) is 1. The molecule has 0 heterocycles. The molecule has 0 aromatic heterocycles. The highest BCUT2D eigenvalue weighted by atomic mass is 16.5. The quantitative estimate of drug-likeness (QED) is 0.840. The molecule has 2 nitrogen and oxygen atoms in total. The van der Waals surface area contributed by atoms with Crippen LogP contribution in [0.15, 0.2) is 24.3 Å². The van der Waals surface area contributed by atoms with E-state index in [1.165, 1.54) is 37.7 Å². The van der Waals surface area contributed by atoms with E-state index >= 15 is 0 Å². The van der Waals surface area contributed by atoms with Gasteiger partial charge >= 0.3 is 0 Å². The Hall–Kier alpha value is -1.02. The molecular formula is C17H23NO. The zero-order valence-electron chi connectivity index (χ0n) is 11.4. The Bertz CT molecular complexity index is 442. The van der Waals surface area contributed by atoms with Gasteiger partial charge in [0.1, 0.15) is 0 Å². The number of hydrogen-bond acceptors (Lipinski definition) is 2. The standard InChI is InChI=1S/C17H23NO/c18-16-3-1-2-11(9-16)10-19-17-14-5-12-4-13(7-14)8-15(17)6-12/h1-3,9,12-15,17H,4-8,10,18H2. The first-order valence-corrected chi connectivity index (χ1v) is 7.74. The van der Waals surface area contributed by atoms with Gasteiger partial charge in [0.2, 0.25) is 0 Å². The molecule has 4 fully saturated rings. The van der Waals surface area contributed by atoms with Crippen LogP contribution in [0.5, 0.6) is 0 Å². The minimum Gasteiger partial charge on any atom is -0.399 e. The van der Waals surface area contributed by atoms with Crippen molar-refractivity contribution in [1.29, 1.82) is 0 Å². The predicted molar refractivity (Wildman–Crippen MR) is 76.5 cm³/mol. The first-order chi connectivity index (χ1) is 9.28. The molecule has 0 amide bonds. The second-order valence-electron chi connectivity index (χ2n) is 6.95. The molecule has 19 heavy (non-hydrogen) atoms.